The number of anilines is 1. The fourth-order valence-electron chi connectivity index (χ4n) is 4.73. The lowest BCUT2D eigenvalue weighted by atomic mass is 9.96. The number of hydrogen-bond acceptors (Lipinski definition) is 6. The molecule has 3 aromatic rings. The third kappa shape index (κ3) is 3.32. The number of hydrogen-bond donors (Lipinski definition) is 0. The van der Waals surface area contributed by atoms with E-state index in [4.69, 9.17) is 0 Å². The number of nitrogens with zero attached hydrogens (tertiary/aromatic N) is 7. The largest absolute Gasteiger partial charge is 0.342 e. The van der Waals surface area contributed by atoms with Crippen LogP contribution in [0.4, 0.5) is 5.95 Å². The van der Waals surface area contributed by atoms with E-state index in [1.54, 1.807) is 40.3 Å². The molecule has 9 nitrogen and oxygen atoms in total. The van der Waals surface area contributed by atoms with Gasteiger partial charge in [0.25, 0.3) is 11.1 Å². The van der Waals surface area contributed by atoms with Gasteiger partial charge in [-0.2, -0.15) is 15.2 Å². The molecule has 0 bridgehead atoms. The summed E-state index contributed by atoms with van der Waals surface area (Å²) in [6, 6.07) is 1.79. The summed E-state index contributed by atoms with van der Waals surface area (Å²) in [5.74, 6) is 1.05. The second-order valence-electron chi connectivity index (χ2n) is 8.59. The summed E-state index contributed by atoms with van der Waals surface area (Å²) in [7, 11) is 3.56. The van der Waals surface area contributed by atoms with Gasteiger partial charge in [0.1, 0.15) is 5.39 Å². The lowest BCUT2D eigenvalue weighted by molar-refractivity contribution is 0.329. The highest BCUT2D eigenvalue weighted by molar-refractivity contribution is 5.74. The molecular weight excluding hydrogens is 382 g/mol. The van der Waals surface area contributed by atoms with Gasteiger partial charge in [-0.25, -0.2) is 4.68 Å². The summed E-state index contributed by atoms with van der Waals surface area (Å²) in [5.41, 5.74) is 2.66. The molecule has 4 heterocycles. The average molecular weight is 409 g/mol. The van der Waals surface area contributed by atoms with Gasteiger partial charge in [0, 0.05) is 46.0 Å². The Balaban J connectivity index is 1.31. The first-order chi connectivity index (χ1) is 14.5. The maximum Gasteiger partial charge on any atom is 0.267 e. The molecule has 0 atom stereocenters. The number of aryl methyl sites for hydroxylation is 3. The van der Waals surface area contributed by atoms with E-state index in [1.807, 2.05) is 0 Å². The summed E-state index contributed by atoms with van der Waals surface area (Å²) in [4.78, 5) is 31.9. The van der Waals surface area contributed by atoms with Crippen molar-refractivity contribution in [2.45, 2.75) is 45.1 Å². The predicted octanol–water partition coefficient (Wildman–Crippen LogP) is 1.02. The zero-order valence-electron chi connectivity index (χ0n) is 17.5. The number of piperidine rings is 1. The third-order valence-corrected chi connectivity index (χ3v) is 6.45. The molecule has 0 unspecified atom stereocenters. The zero-order chi connectivity index (χ0) is 20.8. The van der Waals surface area contributed by atoms with E-state index < -0.39 is 0 Å². The van der Waals surface area contributed by atoms with Crippen molar-refractivity contribution in [1.82, 2.24) is 29.1 Å². The van der Waals surface area contributed by atoms with Crippen LogP contribution in [0.3, 0.4) is 0 Å². The maximum atomic E-state index is 12.7. The topological polar surface area (TPSA) is 90.8 Å². The highest BCUT2D eigenvalue weighted by Gasteiger charge is 2.24. The smallest absolute Gasteiger partial charge is 0.267 e. The fourth-order valence-corrected chi connectivity index (χ4v) is 4.73. The zero-order valence-corrected chi connectivity index (χ0v) is 17.5. The lowest BCUT2D eigenvalue weighted by Gasteiger charge is -2.33. The van der Waals surface area contributed by atoms with Gasteiger partial charge in [-0.05, 0) is 50.0 Å². The molecule has 3 aromatic heterocycles. The normalized spacial score (nSPS) is 17.5. The molecule has 0 N–H and O–H groups in total. The Kier molecular flexibility index (Phi) is 4.67. The minimum Gasteiger partial charge on any atom is -0.342 e. The Bertz CT molecular complexity index is 1210. The SMILES string of the molecule is Cn1cc2c(=O)n(C)c(N3CCC(Cn4nc5c(cc4=O)CCCC5)CC3)nc2n1. The van der Waals surface area contributed by atoms with Gasteiger partial charge < -0.3 is 4.90 Å². The van der Waals surface area contributed by atoms with Gasteiger partial charge in [-0.3, -0.25) is 18.8 Å². The van der Waals surface area contributed by atoms with Crippen LogP contribution in [-0.2, 0) is 33.5 Å². The molecule has 0 spiro atoms. The highest BCUT2D eigenvalue weighted by Crippen LogP contribution is 2.23. The van der Waals surface area contributed by atoms with Gasteiger partial charge >= 0.3 is 0 Å². The number of aromatic nitrogens is 6. The third-order valence-electron chi connectivity index (χ3n) is 6.45. The average Bonchev–Trinajstić information content (AvgIpc) is 3.12. The van der Waals surface area contributed by atoms with Gasteiger partial charge in [0.15, 0.2) is 5.65 Å². The predicted molar refractivity (Wildman–Crippen MR) is 114 cm³/mol. The first-order valence-corrected chi connectivity index (χ1v) is 10.7. The summed E-state index contributed by atoms with van der Waals surface area (Å²) >= 11 is 0. The summed E-state index contributed by atoms with van der Waals surface area (Å²) in [6.45, 7) is 2.25. The van der Waals surface area contributed by atoms with Crippen LogP contribution in [-0.4, -0.2) is 42.2 Å². The van der Waals surface area contributed by atoms with E-state index in [1.165, 1.54) is 0 Å². The van der Waals surface area contributed by atoms with Crippen LogP contribution in [0.1, 0.15) is 36.9 Å². The second kappa shape index (κ2) is 7.37. The molecular formula is C21H27N7O2. The van der Waals surface area contributed by atoms with Crippen LogP contribution in [0.2, 0.25) is 0 Å². The molecule has 0 radical (unpaired) electrons. The Morgan fingerprint density at radius 2 is 1.83 bits per heavy atom. The minimum atomic E-state index is -0.0740. The molecule has 2 aliphatic rings. The van der Waals surface area contributed by atoms with Gasteiger partial charge in [0.05, 0.1) is 5.69 Å². The van der Waals surface area contributed by atoms with Crippen molar-refractivity contribution in [3.05, 3.63) is 44.2 Å². The van der Waals surface area contributed by atoms with E-state index in [9.17, 15) is 9.59 Å². The first kappa shape index (κ1) is 19.0. The molecule has 1 fully saturated rings. The summed E-state index contributed by atoms with van der Waals surface area (Å²) < 4.78 is 4.90. The molecule has 9 heteroatoms. The first-order valence-electron chi connectivity index (χ1n) is 10.7. The van der Waals surface area contributed by atoms with Crippen LogP contribution in [0.15, 0.2) is 21.9 Å². The Labute approximate surface area is 173 Å². The molecule has 5 rings (SSSR count). The van der Waals surface area contributed by atoms with E-state index in [0.29, 0.717) is 29.4 Å². The van der Waals surface area contributed by atoms with E-state index in [0.717, 1.165) is 62.9 Å². The molecule has 0 amide bonds. The van der Waals surface area contributed by atoms with E-state index >= 15 is 0 Å². The number of rotatable bonds is 3. The second-order valence-corrected chi connectivity index (χ2v) is 8.59. The standard InChI is InChI=1S/C21H27N7O2/c1-25-13-16-19(24-25)22-21(26(2)20(16)30)27-9-7-14(8-10-27)12-28-18(29)11-15-5-3-4-6-17(15)23-28/h11,13-14H,3-10,12H2,1-2H3. The van der Waals surface area contributed by atoms with Crippen molar-refractivity contribution in [3.63, 3.8) is 0 Å². The van der Waals surface area contributed by atoms with Crippen LogP contribution in [0, 0.1) is 5.92 Å². The Morgan fingerprint density at radius 3 is 2.63 bits per heavy atom. The maximum absolute atomic E-state index is 12.7. The van der Waals surface area contributed by atoms with Crippen molar-refractivity contribution in [1.29, 1.82) is 0 Å². The van der Waals surface area contributed by atoms with Crippen LogP contribution < -0.4 is 16.0 Å². The quantitative estimate of drug-likeness (QED) is 0.642. The number of fused-ring (bicyclic) bond motifs is 2. The highest BCUT2D eigenvalue weighted by atomic mass is 16.1. The Hall–Kier alpha value is -2.97. The molecule has 1 aliphatic carbocycles. The van der Waals surface area contributed by atoms with E-state index in [2.05, 4.69) is 20.1 Å². The molecule has 1 saturated heterocycles. The molecule has 0 aromatic carbocycles. The van der Waals surface area contributed by atoms with Gasteiger partial charge in [-0.15, -0.1) is 0 Å². The van der Waals surface area contributed by atoms with Gasteiger partial charge in [0.2, 0.25) is 5.95 Å². The minimum absolute atomic E-state index is 0.0164. The van der Waals surface area contributed by atoms with Gasteiger partial charge in [-0.1, -0.05) is 0 Å². The lowest BCUT2D eigenvalue weighted by Crippen LogP contribution is -2.40. The van der Waals surface area contributed by atoms with Crippen molar-refractivity contribution < 1.29 is 0 Å². The van der Waals surface area contributed by atoms with Crippen LogP contribution in [0.25, 0.3) is 11.0 Å². The Morgan fingerprint density at radius 1 is 1.07 bits per heavy atom. The van der Waals surface area contributed by atoms with E-state index in [-0.39, 0.29) is 11.1 Å². The molecule has 1 aliphatic heterocycles. The summed E-state index contributed by atoms with van der Waals surface area (Å²) in [6.07, 6.45) is 7.83. The molecule has 30 heavy (non-hydrogen) atoms. The summed E-state index contributed by atoms with van der Waals surface area (Å²) in [5, 5.41) is 9.51. The van der Waals surface area contributed by atoms with Crippen molar-refractivity contribution in [2.75, 3.05) is 18.0 Å². The molecule has 0 saturated carbocycles. The molecule has 158 valence electrons. The fraction of sp³-hybridized carbons (Fsp3) is 0.571. The van der Waals surface area contributed by atoms with Crippen LogP contribution in [0.5, 0.6) is 0 Å². The van der Waals surface area contributed by atoms with Crippen molar-refractivity contribution in [2.24, 2.45) is 20.0 Å². The monoisotopic (exact) mass is 409 g/mol. The van der Waals surface area contributed by atoms with Crippen molar-refractivity contribution >= 4 is 17.0 Å². The van der Waals surface area contributed by atoms with Crippen LogP contribution >= 0.6 is 0 Å². The van der Waals surface area contributed by atoms with Crippen molar-refractivity contribution in [3.8, 4) is 0 Å².